The van der Waals surface area contributed by atoms with Crippen LogP contribution in [0.2, 0.25) is 0 Å². The molecule has 1 amide bonds. The van der Waals surface area contributed by atoms with Gasteiger partial charge in [0.1, 0.15) is 5.76 Å². The van der Waals surface area contributed by atoms with Gasteiger partial charge in [0.15, 0.2) is 0 Å². The molecule has 26 heavy (non-hydrogen) atoms. The summed E-state index contributed by atoms with van der Waals surface area (Å²) >= 11 is 0. The summed E-state index contributed by atoms with van der Waals surface area (Å²) < 4.78 is 32.5. The lowest BCUT2D eigenvalue weighted by Gasteiger charge is -2.16. The zero-order valence-corrected chi connectivity index (χ0v) is 14.9. The Morgan fingerprint density at radius 1 is 1.00 bits per heavy atom. The van der Waals surface area contributed by atoms with Crippen molar-refractivity contribution in [1.82, 2.24) is 4.90 Å². The number of hydrogen-bond donors (Lipinski definition) is 1. The number of carbonyl (C=O) groups is 1. The molecule has 1 N–H and O–H groups in total. The predicted octanol–water partition coefficient (Wildman–Crippen LogP) is 3.35. The molecular weight excluding hydrogens is 352 g/mol. The highest BCUT2D eigenvalue weighted by Gasteiger charge is 2.17. The second-order valence-corrected chi connectivity index (χ2v) is 7.42. The summed E-state index contributed by atoms with van der Waals surface area (Å²) in [6.45, 7) is 0.335. The Bertz CT molecular complexity index is 966. The van der Waals surface area contributed by atoms with Crippen LogP contribution in [0.15, 0.2) is 82.3 Å². The Labute approximate surface area is 152 Å². The summed E-state index contributed by atoms with van der Waals surface area (Å²) in [7, 11) is -2.05. The van der Waals surface area contributed by atoms with Crippen molar-refractivity contribution in [1.29, 1.82) is 0 Å². The normalized spacial score (nSPS) is 11.1. The van der Waals surface area contributed by atoms with E-state index in [-0.39, 0.29) is 10.8 Å². The van der Waals surface area contributed by atoms with Gasteiger partial charge < -0.3 is 9.32 Å². The Morgan fingerprint density at radius 3 is 2.31 bits per heavy atom. The lowest BCUT2D eigenvalue weighted by Crippen LogP contribution is -2.26. The van der Waals surface area contributed by atoms with Crippen LogP contribution in [0.1, 0.15) is 16.1 Å². The molecule has 7 heteroatoms. The summed E-state index contributed by atoms with van der Waals surface area (Å²) in [5, 5.41) is 0. The van der Waals surface area contributed by atoms with Crippen molar-refractivity contribution in [3.05, 3.63) is 84.3 Å². The molecule has 0 fully saturated rings. The zero-order chi connectivity index (χ0) is 18.6. The van der Waals surface area contributed by atoms with Crippen molar-refractivity contribution in [3.8, 4) is 0 Å². The number of anilines is 1. The number of amides is 1. The molecule has 0 atom stereocenters. The van der Waals surface area contributed by atoms with Crippen molar-refractivity contribution >= 4 is 21.6 Å². The van der Waals surface area contributed by atoms with Crippen LogP contribution in [0.4, 0.5) is 5.69 Å². The maximum absolute atomic E-state index is 12.4. The average molecular weight is 370 g/mol. The second-order valence-electron chi connectivity index (χ2n) is 5.74. The average Bonchev–Trinajstić information content (AvgIpc) is 3.14. The van der Waals surface area contributed by atoms with Crippen molar-refractivity contribution in [2.75, 3.05) is 11.8 Å². The van der Waals surface area contributed by atoms with E-state index in [9.17, 15) is 13.2 Å². The molecule has 0 spiro atoms. The number of hydrogen-bond acceptors (Lipinski definition) is 4. The summed E-state index contributed by atoms with van der Waals surface area (Å²) in [5.74, 6) is 0.452. The lowest BCUT2D eigenvalue weighted by molar-refractivity contribution is 0.0775. The maximum atomic E-state index is 12.4. The third kappa shape index (κ3) is 4.12. The van der Waals surface area contributed by atoms with Crippen LogP contribution in [0.3, 0.4) is 0 Å². The van der Waals surface area contributed by atoms with E-state index < -0.39 is 10.0 Å². The van der Waals surface area contributed by atoms with Gasteiger partial charge in [0.05, 0.1) is 17.7 Å². The minimum absolute atomic E-state index is 0.0894. The molecular formula is C19H18N2O4S. The van der Waals surface area contributed by atoms with Crippen molar-refractivity contribution in [3.63, 3.8) is 0 Å². The van der Waals surface area contributed by atoms with Gasteiger partial charge in [0, 0.05) is 18.3 Å². The van der Waals surface area contributed by atoms with Gasteiger partial charge in [-0.15, -0.1) is 0 Å². The van der Waals surface area contributed by atoms with Gasteiger partial charge in [-0.3, -0.25) is 9.52 Å². The predicted molar refractivity (Wildman–Crippen MR) is 98.2 cm³/mol. The monoisotopic (exact) mass is 370 g/mol. The highest BCUT2D eigenvalue weighted by molar-refractivity contribution is 7.92. The number of benzene rings is 2. The van der Waals surface area contributed by atoms with E-state index in [2.05, 4.69) is 4.72 Å². The largest absolute Gasteiger partial charge is 0.467 e. The second kappa shape index (κ2) is 7.45. The summed E-state index contributed by atoms with van der Waals surface area (Å²) in [5.41, 5.74) is 0.878. The molecule has 0 saturated heterocycles. The fraction of sp³-hybridized carbons (Fsp3) is 0.105. The molecule has 3 rings (SSSR count). The number of furan rings is 1. The van der Waals surface area contributed by atoms with Crippen LogP contribution in [0, 0.1) is 0 Å². The first kappa shape index (κ1) is 17.8. The molecule has 0 aliphatic rings. The molecule has 2 aromatic carbocycles. The Morgan fingerprint density at radius 2 is 1.69 bits per heavy atom. The molecule has 0 aliphatic carbocycles. The minimum atomic E-state index is -3.71. The number of sulfonamides is 1. The van der Waals surface area contributed by atoms with Crippen LogP contribution in [0.25, 0.3) is 0 Å². The van der Waals surface area contributed by atoms with Gasteiger partial charge in [-0.05, 0) is 48.5 Å². The lowest BCUT2D eigenvalue weighted by atomic mass is 10.2. The van der Waals surface area contributed by atoms with Gasteiger partial charge in [0.2, 0.25) is 0 Å². The zero-order valence-electron chi connectivity index (χ0n) is 14.1. The van der Waals surface area contributed by atoms with Crippen molar-refractivity contribution in [2.24, 2.45) is 0 Å². The SMILES string of the molecule is CN(Cc1ccco1)C(=O)c1ccc(S(=O)(=O)Nc2ccccc2)cc1. The molecule has 0 aliphatic heterocycles. The van der Waals surface area contributed by atoms with Gasteiger partial charge >= 0.3 is 0 Å². The highest BCUT2D eigenvalue weighted by Crippen LogP contribution is 2.17. The Kier molecular flexibility index (Phi) is 5.09. The van der Waals surface area contributed by atoms with Gasteiger partial charge in [-0.25, -0.2) is 8.42 Å². The molecule has 134 valence electrons. The summed E-state index contributed by atoms with van der Waals surface area (Å²) in [4.78, 5) is 14.0. The molecule has 0 bridgehead atoms. The first-order valence-electron chi connectivity index (χ1n) is 7.91. The van der Waals surface area contributed by atoms with E-state index in [4.69, 9.17) is 4.42 Å². The first-order chi connectivity index (χ1) is 12.5. The van der Waals surface area contributed by atoms with Crippen LogP contribution in [-0.2, 0) is 16.6 Å². The van der Waals surface area contributed by atoms with Crippen molar-refractivity contribution in [2.45, 2.75) is 11.4 Å². The number of nitrogens with zero attached hydrogens (tertiary/aromatic N) is 1. The smallest absolute Gasteiger partial charge is 0.261 e. The molecule has 3 aromatic rings. The fourth-order valence-electron chi connectivity index (χ4n) is 2.43. The quantitative estimate of drug-likeness (QED) is 0.722. The molecule has 1 heterocycles. The third-order valence-corrected chi connectivity index (χ3v) is 5.15. The summed E-state index contributed by atoms with van der Waals surface area (Å²) in [6, 6.07) is 18.0. The molecule has 0 saturated carbocycles. The maximum Gasteiger partial charge on any atom is 0.261 e. The van der Waals surface area contributed by atoms with Gasteiger partial charge in [0.25, 0.3) is 15.9 Å². The fourth-order valence-corrected chi connectivity index (χ4v) is 3.48. The third-order valence-electron chi connectivity index (χ3n) is 3.76. The number of nitrogens with one attached hydrogen (secondary N) is 1. The summed E-state index contributed by atoms with van der Waals surface area (Å²) in [6.07, 6.45) is 1.55. The molecule has 0 unspecified atom stereocenters. The van der Waals surface area contributed by atoms with Crippen LogP contribution in [0.5, 0.6) is 0 Å². The Hall–Kier alpha value is -3.06. The number of carbonyl (C=O) groups excluding carboxylic acids is 1. The van der Waals surface area contributed by atoms with E-state index in [0.29, 0.717) is 23.6 Å². The van der Waals surface area contributed by atoms with E-state index in [1.165, 1.54) is 29.2 Å². The molecule has 6 nitrogen and oxygen atoms in total. The minimum Gasteiger partial charge on any atom is -0.467 e. The van der Waals surface area contributed by atoms with Gasteiger partial charge in [-0.1, -0.05) is 18.2 Å². The standard InChI is InChI=1S/C19H18N2O4S/c1-21(14-17-8-5-13-25-17)19(22)15-9-11-18(12-10-15)26(23,24)20-16-6-3-2-4-7-16/h2-13,20H,14H2,1H3. The first-order valence-corrected chi connectivity index (χ1v) is 9.40. The number of rotatable bonds is 6. The molecule has 1 aromatic heterocycles. The van der Waals surface area contributed by atoms with Crippen LogP contribution in [-0.4, -0.2) is 26.3 Å². The van der Waals surface area contributed by atoms with E-state index >= 15 is 0 Å². The van der Waals surface area contributed by atoms with E-state index in [0.717, 1.165) is 0 Å². The van der Waals surface area contributed by atoms with Gasteiger partial charge in [-0.2, -0.15) is 0 Å². The number of para-hydroxylation sites is 1. The Balaban J connectivity index is 1.72. The van der Waals surface area contributed by atoms with E-state index in [1.54, 1.807) is 55.8 Å². The topological polar surface area (TPSA) is 79.6 Å². The van der Waals surface area contributed by atoms with Crippen LogP contribution >= 0.6 is 0 Å². The molecule has 0 radical (unpaired) electrons. The van der Waals surface area contributed by atoms with Crippen LogP contribution < -0.4 is 4.72 Å². The highest BCUT2D eigenvalue weighted by atomic mass is 32.2. The van der Waals surface area contributed by atoms with E-state index in [1.807, 2.05) is 0 Å². The van der Waals surface area contributed by atoms with Crippen molar-refractivity contribution < 1.29 is 17.6 Å².